The van der Waals surface area contributed by atoms with E-state index < -0.39 is 33.5 Å². The highest BCUT2D eigenvalue weighted by Gasteiger charge is 2.36. The minimum atomic E-state index is -3.28. The number of carbonyl (C=O) groups excluding carboxylic acids is 4. The van der Waals surface area contributed by atoms with Crippen LogP contribution in [0.2, 0.25) is 0 Å². The largest absolute Gasteiger partial charge is 0.462 e. The zero-order valence-electron chi connectivity index (χ0n) is 17.7. The van der Waals surface area contributed by atoms with Crippen LogP contribution in [0.15, 0.2) is 30.9 Å². The molecule has 0 fully saturated rings. The summed E-state index contributed by atoms with van der Waals surface area (Å²) in [6.45, 7) is 5.37. The number of hydrogen-bond acceptors (Lipinski definition) is 8. The van der Waals surface area contributed by atoms with Crippen molar-refractivity contribution < 1.29 is 32.3 Å². The number of nitrogens with zero attached hydrogens (tertiary/aromatic N) is 1. The molecule has 11 heteroatoms. The van der Waals surface area contributed by atoms with Gasteiger partial charge in [-0.15, -0.1) is 17.9 Å². The van der Waals surface area contributed by atoms with Gasteiger partial charge in [0, 0.05) is 17.0 Å². The molecule has 0 atom stereocenters. The third-order valence-electron chi connectivity index (χ3n) is 5.36. The van der Waals surface area contributed by atoms with Crippen LogP contribution >= 0.6 is 11.3 Å². The number of thiophene rings is 1. The summed E-state index contributed by atoms with van der Waals surface area (Å²) in [5.74, 6) is -2.51. The van der Waals surface area contributed by atoms with Gasteiger partial charge in [0.25, 0.3) is 17.7 Å². The van der Waals surface area contributed by atoms with Gasteiger partial charge in [-0.3, -0.25) is 19.3 Å². The fourth-order valence-corrected chi connectivity index (χ4v) is 6.87. The van der Waals surface area contributed by atoms with Crippen molar-refractivity contribution in [1.82, 2.24) is 4.90 Å². The molecule has 0 saturated heterocycles. The van der Waals surface area contributed by atoms with Crippen molar-refractivity contribution in [2.45, 2.75) is 19.1 Å². The topological polar surface area (TPSA) is 127 Å². The first-order chi connectivity index (χ1) is 15.7. The molecule has 2 aromatic rings. The fourth-order valence-electron chi connectivity index (χ4n) is 3.83. The molecule has 0 aliphatic carbocycles. The molecular weight excluding hydrogens is 468 g/mol. The van der Waals surface area contributed by atoms with Crippen LogP contribution in [-0.2, 0) is 26.7 Å². The lowest BCUT2D eigenvalue weighted by molar-refractivity contribution is 0.0525. The molecule has 3 heterocycles. The maximum absolute atomic E-state index is 13.0. The number of fused-ring (bicyclic) bond motifs is 2. The Kier molecular flexibility index (Phi) is 5.93. The van der Waals surface area contributed by atoms with E-state index in [2.05, 4.69) is 11.9 Å². The number of amides is 3. The number of hydrogen-bond donors (Lipinski definition) is 1. The van der Waals surface area contributed by atoms with Crippen molar-refractivity contribution >= 4 is 49.9 Å². The van der Waals surface area contributed by atoms with Gasteiger partial charge in [0.2, 0.25) is 0 Å². The van der Waals surface area contributed by atoms with E-state index in [1.807, 2.05) is 0 Å². The monoisotopic (exact) mass is 488 g/mol. The Morgan fingerprint density at radius 2 is 1.97 bits per heavy atom. The van der Waals surface area contributed by atoms with Crippen LogP contribution in [0.5, 0.6) is 0 Å². The predicted molar refractivity (Wildman–Crippen MR) is 121 cm³/mol. The third kappa shape index (κ3) is 4.09. The molecule has 2 aliphatic rings. The molecule has 1 N–H and O–H groups in total. The van der Waals surface area contributed by atoms with E-state index in [0.717, 1.165) is 16.2 Å². The highest BCUT2D eigenvalue weighted by Crippen LogP contribution is 2.38. The number of imide groups is 1. The number of esters is 1. The molecule has 0 bridgehead atoms. The van der Waals surface area contributed by atoms with Crippen LogP contribution in [0.3, 0.4) is 0 Å². The van der Waals surface area contributed by atoms with Gasteiger partial charge in [0.05, 0.1) is 34.8 Å². The van der Waals surface area contributed by atoms with Gasteiger partial charge in [-0.05, 0) is 37.1 Å². The standard InChI is InChI=1S/C22H20N2O7S2/c1-3-8-24-20(26)13-6-5-12(10-15(13)21(24)27)18(25)23-19-17(22(28)31-4-2)14-7-9-33(29,30)11-16(14)32-19/h3,5-6,10H,1,4,7-9,11H2,2H3,(H,23,25). The van der Waals surface area contributed by atoms with E-state index in [1.54, 1.807) is 6.92 Å². The van der Waals surface area contributed by atoms with Crippen molar-refractivity contribution in [2.75, 3.05) is 24.2 Å². The van der Waals surface area contributed by atoms with Crippen molar-refractivity contribution in [3.05, 3.63) is 63.5 Å². The molecule has 1 aromatic heterocycles. The molecule has 0 radical (unpaired) electrons. The lowest BCUT2D eigenvalue weighted by Gasteiger charge is -2.13. The second kappa shape index (κ2) is 8.56. The van der Waals surface area contributed by atoms with E-state index in [9.17, 15) is 27.6 Å². The highest BCUT2D eigenvalue weighted by molar-refractivity contribution is 7.90. The first-order valence-corrected chi connectivity index (χ1v) is 12.7. The molecule has 33 heavy (non-hydrogen) atoms. The third-order valence-corrected chi connectivity index (χ3v) is 8.24. The van der Waals surface area contributed by atoms with Gasteiger partial charge < -0.3 is 10.1 Å². The minimum Gasteiger partial charge on any atom is -0.462 e. The Morgan fingerprint density at radius 1 is 1.24 bits per heavy atom. The summed E-state index contributed by atoms with van der Waals surface area (Å²) in [4.78, 5) is 52.0. The normalized spacial score (nSPS) is 16.2. The first-order valence-electron chi connectivity index (χ1n) is 10.1. The van der Waals surface area contributed by atoms with Crippen molar-refractivity contribution in [2.24, 2.45) is 0 Å². The first kappa shape index (κ1) is 22.9. The molecule has 3 amide bonds. The molecule has 0 unspecified atom stereocenters. The summed E-state index contributed by atoms with van der Waals surface area (Å²) >= 11 is 1.02. The van der Waals surface area contributed by atoms with E-state index >= 15 is 0 Å². The second-order valence-electron chi connectivity index (χ2n) is 7.49. The number of sulfone groups is 1. The summed E-state index contributed by atoms with van der Waals surface area (Å²) in [7, 11) is -3.28. The number of carbonyl (C=O) groups is 4. The summed E-state index contributed by atoms with van der Waals surface area (Å²) in [6, 6.07) is 4.15. The Labute approximate surface area is 194 Å². The van der Waals surface area contributed by atoms with Crippen molar-refractivity contribution in [3.8, 4) is 0 Å². The highest BCUT2D eigenvalue weighted by atomic mass is 32.2. The number of rotatable bonds is 6. The average molecular weight is 489 g/mol. The van der Waals surface area contributed by atoms with Crippen LogP contribution in [0.4, 0.5) is 5.00 Å². The number of benzene rings is 1. The quantitative estimate of drug-likeness (QED) is 0.376. The number of ether oxygens (including phenoxy) is 1. The summed E-state index contributed by atoms with van der Waals surface area (Å²) < 4.78 is 29.2. The maximum Gasteiger partial charge on any atom is 0.341 e. The van der Waals surface area contributed by atoms with E-state index in [-0.39, 0.29) is 58.3 Å². The van der Waals surface area contributed by atoms with Crippen LogP contribution < -0.4 is 5.32 Å². The van der Waals surface area contributed by atoms with Crippen LogP contribution in [-0.4, -0.2) is 55.9 Å². The number of anilines is 1. The molecule has 172 valence electrons. The molecular formula is C22H20N2O7S2. The average Bonchev–Trinajstić information content (AvgIpc) is 3.22. The predicted octanol–water partition coefficient (Wildman–Crippen LogP) is 2.43. The summed E-state index contributed by atoms with van der Waals surface area (Å²) in [5, 5.41) is 2.85. The molecule has 1 aromatic carbocycles. The summed E-state index contributed by atoms with van der Waals surface area (Å²) in [6.07, 6.45) is 1.59. The molecule has 4 rings (SSSR count). The molecule has 2 aliphatic heterocycles. The fraction of sp³-hybridized carbons (Fsp3) is 0.273. The van der Waals surface area contributed by atoms with Gasteiger partial charge in [0.15, 0.2) is 9.84 Å². The van der Waals surface area contributed by atoms with Crippen LogP contribution in [0.25, 0.3) is 0 Å². The molecule has 0 spiro atoms. The van der Waals surface area contributed by atoms with Gasteiger partial charge in [-0.2, -0.15) is 0 Å². The second-order valence-corrected chi connectivity index (χ2v) is 10.8. The van der Waals surface area contributed by atoms with Crippen molar-refractivity contribution in [3.63, 3.8) is 0 Å². The zero-order chi connectivity index (χ0) is 23.9. The Balaban J connectivity index is 1.67. The van der Waals surface area contributed by atoms with E-state index in [0.29, 0.717) is 10.4 Å². The van der Waals surface area contributed by atoms with Crippen molar-refractivity contribution in [1.29, 1.82) is 0 Å². The van der Waals surface area contributed by atoms with Gasteiger partial charge in [0.1, 0.15) is 5.00 Å². The minimum absolute atomic E-state index is 0.0560. The van der Waals surface area contributed by atoms with Crippen LogP contribution in [0.1, 0.15) is 58.8 Å². The zero-order valence-corrected chi connectivity index (χ0v) is 19.3. The lowest BCUT2D eigenvalue weighted by Crippen LogP contribution is -2.29. The summed E-state index contributed by atoms with van der Waals surface area (Å²) in [5.41, 5.74) is 1.14. The maximum atomic E-state index is 13.0. The van der Waals surface area contributed by atoms with Gasteiger partial charge in [-0.1, -0.05) is 6.08 Å². The van der Waals surface area contributed by atoms with E-state index in [1.165, 1.54) is 24.3 Å². The lowest BCUT2D eigenvalue weighted by atomic mass is 10.0. The van der Waals surface area contributed by atoms with Gasteiger partial charge in [-0.25, -0.2) is 13.2 Å². The molecule has 0 saturated carbocycles. The smallest absolute Gasteiger partial charge is 0.341 e. The Morgan fingerprint density at radius 3 is 2.67 bits per heavy atom. The van der Waals surface area contributed by atoms with Crippen LogP contribution in [0, 0.1) is 0 Å². The Bertz CT molecular complexity index is 1320. The number of nitrogens with one attached hydrogen (secondary N) is 1. The molecule has 9 nitrogen and oxygen atoms in total. The van der Waals surface area contributed by atoms with Gasteiger partial charge >= 0.3 is 5.97 Å². The Hall–Kier alpha value is -3.31. The SMILES string of the molecule is C=CCN1C(=O)c2ccc(C(=O)Nc3sc4c(c3C(=O)OCC)CCS(=O)(=O)C4)cc2C1=O. The van der Waals surface area contributed by atoms with E-state index in [4.69, 9.17) is 4.74 Å².